The van der Waals surface area contributed by atoms with Gasteiger partial charge < -0.3 is 26.2 Å². The van der Waals surface area contributed by atoms with E-state index in [1.165, 1.54) is 18.3 Å². The molecule has 1 fully saturated rings. The Morgan fingerprint density at radius 1 is 1.05 bits per heavy atom. The Hall–Kier alpha value is -3.14. The summed E-state index contributed by atoms with van der Waals surface area (Å²) in [4.78, 5) is 23.5. The van der Waals surface area contributed by atoms with Crippen LogP contribution >= 0.6 is 23.2 Å². The predicted octanol–water partition coefficient (Wildman–Crippen LogP) is 7.08. The van der Waals surface area contributed by atoms with Crippen molar-refractivity contribution in [2.45, 2.75) is 46.1 Å². The van der Waals surface area contributed by atoms with Crippen molar-refractivity contribution < 1.29 is 9.18 Å². The maximum Gasteiger partial charge on any atom is 0.254 e. The third-order valence-electron chi connectivity index (χ3n) is 6.69. The molecule has 0 unspecified atom stereocenters. The van der Waals surface area contributed by atoms with E-state index in [4.69, 9.17) is 23.2 Å². The Labute approximate surface area is 245 Å². The van der Waals surface area contributed by atoms with Crippen LogP contribution in [0.5, 0.6) is 0 Å². The van der Waals surface area contributed by atoms with E-state index in [0.717, 1.165) is 50.3 Å². The van der Waals surface area contributed by atoms with Crippen LogP contribution in [-0.4, -0.2) is 53.5 Å². The van der Waals surface area contributed by atoms with Crippen molar-refractivity contribution in [2.24, 2.45) is 5.41 Å². The van der Waals surface area contributed by atoms with E-state index in [9.17, 15) is 9.18 Å². The zero-order valence-electron chi connectivity index (χ0n) is 23.2. The zero-order valence-corrected chi connectivity index (χ0v) is 24.8. The number of aromatic nitrogens is 2. The van der Waals surface area contributed by atoms with E-state index in [1.54, 1.807) is 12.1 Å². The first-order chi connectivity index (χ1) is 19.0. The molecule has 4 N–H and O–H groups in total. The van der Waals surface area contributed by atoms with Crippen molar-refractivity contribution in [3.8, 4) is 0 Å². The van der Waals surface area contributed by atoms with Gasteiger partial charge in [-0.15, -0.1) is 0 Å². The van der Waals surface area contributed by atoms with Crippen LogP contribution in [0.1, 0.15) is 50.4 Å². The minimum Gasteiger partial charge on any atom is -0.384 e. The number of likely N-dealkylation sites (tertiary alicyclic amines) is 1. The third kappa shape index (κ3) is 8.43. The molecular formula is C29H36Cl2FN7O. The fourth-order valence-electron chi connectivity index (χ4n) is 4.28. The number of hydrogen-bond acceptors (Lipinski definition) is 7. The molecule has 214 valence electrons. The number of nitrogens with zero attached hydrogens (tertiary/aromatic N) is 3. The molecule has 0 atom stereocenters. The van der Waals surface area contributed by atoms with Gasteiger partial charge in [-0.3, -0.25) is 4.79 Å². The molecular weight excluding hydrogens is 552 g/mol. The van der Waals surface area contributed by atoms with Crippen LogP contribution in [0.25, 0.3) is 0 Å². The highest BCUT2D eigenvalue weighted by Gasteiger charge is 2.21. The minimum atomic E-state index is -0.629. The van der Waals surface area contributed by atoms with E-state index in [-0.39, 0.29) is 23.0 Å². The Bertz CT molecular complexity index is 1340. The summed E-state index contributed by atoms with van der Waals surface area (Å²) in [7, 11) is 2.05. The van der Waals surface area contributed by atoms with Crippen LogP contribution in [0.4, 0.5) is 33.2 Å². The van der Waals surface area contributed by atoms with Gasteiger partial charge in [-0.25, -0.2) is 9.37 Å². The first kappa shape index (κ1) is 29.8. The molecule has 1 aliphatic heterocycles. The van der Waals surface area contributed by atoms with E-state index < -0.39 is 11.7 Å². The molecule has 2 aromatic carbocycles. The second-order valence-corrected chi connectivity index (χ2v) is 12.1. The number of anilines is 5. The van der Waals surface area contributed by atoms with Crippen LogP contribution in [-0.2, 0) is 0 Å². The number of carbonyl (C=O) groups is 1. The fourth-order valence-corrected chi connectivity index (χ4v) is 4.61. The number of hydrogen-bond donors (Lipinski definition) is 4. The third-order valence-corrected chi connectivity index (χ3v) is 7.29. The van der Waals surface area contributed by atoms with Gasteiger partial charge in [0.05, 0.1) is 22.5 Å². The van der Waals surface area contributed by atoms with Gasteiger partial charge >= 0.3 is 0 Å². The monoisotopic (exact) mass is 587 g/mol. The first-order valence-corrected chi connectivity index (χ1v) is 14.1. The molecule has 40 heavy (non-hydrogen) atoms. The number of carbonyl (C=O) groups excluding carboxylic acids is 1. The van der Waals surface area contributed by atoms with Gasteiger partial charge in [-0.1, -0.05) is 44.0 Å². The number of piperidine rings is 1. The molecule has 0 spiro atoms. The van der Waals surface area contributed by atoms with Crippen molar-refractivity contribution >= 4 is 57.9 Å². The predicted molar refractivity (Wildman–Crippen MR) is 162 cm³/mol. The fraction of sp³-hybridized carbons (Fsp3) is 0.414. The highest BCUT2D eigenvalue weighted by Crippen LogP contribution is 2.30. The summed E-state index contributed by atoms with van der Waals surface area (Å²) in [5.74, 6) is -0.456. The molecule has 1 amide bonds. The molecule has 3 aromatic rings. The van der Waals surface area contributed by atoms with Crippen molar-refractivity contribution in [3.05, 3.63) is 64.0 Å². The maximum absolute atomic E-state index is 14.9. The number of benzene rings is 2. The normalized spacial score (nSPS) is 14.6. The highest BCUT2D eigenvalue weighted by atomic mass is 35.5. The summed E-state index contributed by atoms with van der Waals surface area (Å²) < 4.78 is 14.9. The second-order valence-electron chi connectivity index (χ2n) is 11.3. The summed E-state index contributed by atoms with van der Waals surface area (Å²) >= 11 is 12.7. The van der Waals surface area contributed by atoms with Crippen molar-refractivity contribution in [2.75, 3.05) is 42.6 Å². The van der Waals surface area contributed by atoms with Gasteiger partial charge in [0.15, 0.2) is 5.82 Å². The quantitative estimate of drug-likeness (QED) is 0.212. The molecule has 0 aliphatic carbocycles. The van der Waals surface area contributed by atoms with E-state index in [1.807, 2.05) is 19.2 Å². The number of halogens is 3. The minimum absolute atomic E-state index is 0.00138. The SMILES string of the molecule is CN1CCC(NC(=O)c2ccc(Nc3ncc(Cl)c(Nc4ccc(Cl)c(NCCC(C)(C)C)c4)n3)cc2F)CC1. The summed E-state index contributed by atoms with van der Waals surface area (Å²) in [6.45, 7) is 9.16. The second kappa shape index (κ2) is 13.0. The van der Waals surface area contributed by atoms with Gasteiger partial charge in [0.2, 0.25) is 5.95 Å². The average Bonchev–Trinajstić information content (AvgIpc) is 2.88. The lowest BCUT2D eigenvalue weighted by Crippen LogP contribution is -2.43. The Morgan fingerprint density at radius 2 is 1.75 bits per heavy atom. The molecule has 1 aliphatic rings. The largest absolute Gasteiger partial charge is 0.384 e. The standard InChI is InChI=1S/C29H36Cl2FN7O/c1-29(2,3)11-12-33-25-16-20(6-8-22(25)30)35-26-23(31)17-34-28(38-26)37-19-5-7-21(24(32)15-19)27(40)36-18-9-13-39(4)14-10-18/h5-8,15-18,33H,9-14H2,1-4H3,(H,36,40)(H2,34,35,37,38). The molecule has 11 heteroatoms. The molecule has 2 heterocycles. The molecule has 1 saturated heterocycles. The van der Waals surface area contributed by atoms with Crippen LogP contribution in [0.15, 0.2) is 42.6 Å². The Morgan fingerprint density at radius 3 is 2.45 bits per heavy atom. The molecule has 0 bridgehead atoms. The Kier molecular flexibility index (Phi) is 9.71. The van der Waals surface area contributed by atoms with Gasteiger partial charge in [-0.2, -0.15) is 4.98 Å². The van der Waals surface area contributed by atoms with E-state index in [2.05, 4.69) is 56.9 Å². The van der Waals surface area contributed by atoms with Crippen LogP contribution in [0.3, 0.4) is 0 Å². The maximum atomic E-state index is 14.9. The highest BCUT2D eigenvalue weighted by molar-refractivity contribution is 6.33. The first-order valence-electron chi connectivity index (χ1n) is 13.4. The van der Waals surface area contributed by atoms with Crippen LogP contribution in [0, 0.1) is 11.2 Å². The van der Waals surface area contributed by atoms with Crippen LogP contribution < -0.4 is 21.3 Å². The average molecular weight is 589 g/mol. The molecule has 0 saturated carbocycles. The summed E-state index contributed by atoms with van der Waals surface area (Å²) in [6.07, 6.45) is 4.13. The number of amides is 1. The number of nitrogens with one attached hydrogen (secondary N) is 4. The van der Waals surface area contributed by atoms with Crippen molar-refractivity contribution in [1.29, 1.82) is 0 Å². The Balaban J connectivity index is 1.41. The van der Waals surface area contributed by atoms with Crippen molar-refractivity contribution in [3.63, 3.8) is 0 Å². The molecule has 1 aromatic heterocycles. The van der Waals surface area contributed by atoms with Gasteiger partial charge in [-0.05, 0) is 81.2 Å². The smallest absolute Gasteiger partial charge is 0.254 e. The summed E-state index contributed by atoms with van der Waals surface area (Å²) in [6, 6.07) is 9.89. The van der Waals surface area contributed by atoms with Crippen molar-refractivity contribution in [1.82, 2.24) is 20.2 Å². The lowest BCUT2D eigenvalue weighted by atomic mass is 9.92. The summed E-state index contributed by atoms with van der Waals surface area (Å²) in [5, 5.41) is 13.4. The summed E-state index contributed by atoms with van der Waals surface area (Å²) in [5.41, 5.74) is 2.14. The van der Waals surface area contributed by atoms with E-state index >= 15 is 0 Å². The molecule has 4 rings (SSSR count). The lowest BCUT2D eigenvalue weighted by Gasteiger charge is -2.29. The molecule has 0 radical (unpaired) electrons. The van der Waals surface area contributed by atoms with Gasteiger partial charge in [0.25, 0.3) is 5.91 Å². The van der Waals surface area contributed by atoms with Crippen LogP contribution in [0.2, 0.25) is 10.0 Å². The lowest BCUT2D eigenvalue weighted by molar-refractivity contribution is 0.0913. The topological polar surface area (TPSA) is 94.2 Å². The molecule has 8 nitrogen and oxygen atoms in total. The number of rotatable bonds is 9. The van der Waals surface area contributed by atoms with E-state index in [0.29, 0.717) is 21.6 Å². The zero-order chi connectivity index (χ0) is 28.9. The van der Waals surface area contributed by atoms with Gasteiger partial charge in [0, 0.05) is 24.0 Å². The van der Waals surface area contributed by atoms with Gasteiger partial charge in [0.1, 0.15) is 10.8 Å².